The van der Waals surface area contributed by atoms with E-state index in [4.69, 9.17) is 4.99 Å². The number of allylic oxidation sites excluding steroid dienone is 1. The van der Waals surface area contributed by atoms with E-state index in [9.17, 15) is 0 Å². The van der Waals surface area contributed by atoms with Gasteiger partial charge in [0.1, 0.15) is 6.33 Å². The molecule has 0 radical (unpaired) electrons. The van der Waals surface area contributed by atoms with E-state index < -0.39 is 0 Å². The van der Waals surface area contributed by atoms with Gasteiger partial charge in [-0.2, -0.15) is 0 Å². The van der Waals surface area contributed by atoms with Crippen LogP contribution in [0.4, 0.5) is 0 Å². The molecule has 2 saturated heterocycles. The molecule has 1 aromatic heterocycles. The lowest BCUT2D eigenvalue weighted by Gasteiger charge is -2.46. The van der Waals surface area contributed by atoms with Gasteiger partial charge in [-0.1, -0.05) is 13.2 Å². The molecule has 0 spiro atoms. The monoisotopic (exact) mass is 393 g/mol. The van der Waals surface area contributed by atoms with E-state index in [2.05, 4.69) is 49.8 Å². The van der Waals surface area contributed by atoms with Crippen LogP contribution in [0.3, 0.4) is 0 Å². The number of piperazine rings is 1. The molecule has 3 aliphatic rings. The Bertz CT molecular complexity index is 823. The van der Waals surface area contributed by atoms with Crippen molar-refractivity contribution in [2.75, 3.05) is 46.8 Å². The largest absolute Gasteiger partial charge is 0.374 e. The van der Waals surface area contributed by atoms with Crippen LogP contribution in [0.25, 0.3) is 5.70 Å². The van der Waals surface area contributed by atoms with E-state index in [1.54, 1.807) is 12.5 Å². The lowest BCUT2D eigenvalue weighted by molar-refractivity contribution is 0.124. The predicted molar refractivity (Wildman–Crippen MR) is 117 cm³/mol. The summed E-state index contributed by atoms with van der Waals surface area (Å²) in [6.45, 7) is 13.7. The number of rotatable bonds is 3. The van der Waals surface area contributed by atoms with Crippen LogP contribution in [0.15, 0.2) is 54.2 Å². The van der Waals surface area contributed by atoms with Gasteiger partial charge in [-0.15, -0.1) is 0 Å². The van der Waals surface area contributed by atoms with Crippen molar-refractivity contribution in [3.63, 3.8) is 0 Å². The molecule has 2 fully saturated rings. The molecule has 0 N–H and O–H groups in total. The van der Waals surface area contributed by atoms with Crippen LogP contribution in [0.5, 0.6) is 0 Å². The molecule has 3 aliphatic heterocycles. The van der Waals surface area contributed by atoms with Crippen molar-refractivity contribution >= 4 is 11.7 Å². The molecule has 4 heterocycles. The van der Waals surface area contributed by atoms with Crippen LogP contribution in [0.2, 0.25) is 0 Å². The van der Waals surface area contributed by atoms with Crippen molar-refractivity contribution in [2.24, 2.45) is 4.99 Å². The molecular formula is C22H31N7. The van der Waals surface area contributed by atoms with Gasteiger partial charge in [-0.05, 0) is 38.5 Å². The number of nitrogens with zero attached hydrogens (tertiary/aromatic N) is 7. The second-order valence-electron chi connectivity index (χ2n) is 8.07. The Balaban J connectivity index is 1.56. The molecule has 0 aliphatic carbocycles. The van der Waals surface area contributed by atoms with Gasteiger partial charge in [0, 0.05) is 57.4 Å². The average molecular weight is 394 g/mol. The summed E-state index contributed by atoms with van der Waals surface area (Å²) in [6.07, 6.45) is 9.14. The number of likely N-dealkylation sites (N-methyl/N-ethyl adjacent to an activating group) is 2. The van der Waals surface area contributed by atoms with E-state index in [1.165, 1.54) is 25.0 Å². The van der Waals surface area contributed by atoms with Crippen molar-refractivity contribution in [3.05, 3.63) is 54.9 Å². The molecule has 0 amide bonds. The van der Waals surface area contributed by atoms with Gasteiger partial charge >= 0.3 is 0 Å². The lowest BCUT2D eigenvalue weighted by Crippen LogP contribution is -2.58. The normalized spacial score (nSPS) is 23.7. The Morgan fingerprint density at radius 2 is 1.90 bits per heavy atom. The SMILES string of the molecule is C=C(C1CN(C2=NC(c3ccncn3)=CC(=C)N2C)CCN1C)N1CCCCC1. The minimum atomic E-state index is 0.291. The third-order valence-corrected chi connectivity index (χ3v) is 6.18. The van der Waals surface area contributed by atoms with E-state index in [1.807, 2.05) is 19.2 Å². The number of guanidine groups is 1. The molecule has 7 heteroatoms. The van der Waals surface area contributed by atoms with E-state index in [0.29, 0.717) is 6.04 Å². The Kier molecular flexibility index (Phi) is 5.67. The summed E-state index contributed by atoms with van der Waals surface area (Å²) < 4.78 is 0. The summed E-state index contributed by atoms with van der Waals surface area (Å²) >= 11 is 0. The first-order valence-corrected chi connectivity index (χ1v) is 10.4. The summed E-state index contributed by atoms with van der Waals surface area (Å²) in [5.74, 6) is 0.927. The van der Waals surface area contributed by atoms with Gasteiger partial charge in [-0.25, -0.2) is 15.0 Å². The molecule has 0 bridgehead atoms. The van der Waals surface area contributed by atoms with Crippen molar-refractivity contribution < 1.29 is 0 Å². The van der Waals surface area contributed by atoms with Crippen molar-refractivity contribution in [1.29, 1.82) is 0 Å². The van der Waals surface area contributed by atoms with E-state index in [0.717, 1.165) is 55.8 Å². The average Bonchev–Trinajstić information content (AvgIpc) is 2.77. The van der Waals surface area contributed by atoms with Crippen LogP contribution < -0.4 is 0 Å². The predicted octanol–water partition coefficient (Wildman–Crippen LogP) is 2.25. The third kappa shape index (κ3) is 4.05. The summed E-state index contributed by atoms with van der Waals surface area (Å²) in [5.41, 5.74) is 3.79. The van der Waals surface area contributed by atoms with Gasteiger partial charge < -0.3 is 14.7 Å². The molecule has 7 nitrogen and oxygen atoms in total. The second-order valence-corrected chi connectivity index (χ2v) is 8.07. The van der Waals surface area contributed by atoms with Crippen molar-refractivity contribution in [3.8, 4) is 0 Å². The zero-order chi connectivity index (χ0) is 20.4. The van der Waals surface area contributed by atoms with Crippen molar-refractivity contribution in [1.82, 2.24) is 29.6 Å². The fourth-order valence-corrected chi connectivity index (χ4v) is 4.26. The summed E-state index contributed by atoms with van der Waals surface area (Å²) in [4.78, 5) is 22.7. The molecule has 154 valence electrons. The molecule has 1 aromatic rings. The Morgan fingerprint density at radius 3 is 2.62 bits per heavy atom. The number of likely N-dealkylation sites (tertiary alicyclic amines) is 1. The standard InChI is InChI=1S/C22H31N7/c1-17-14-20(19-8-9-23-16-24-19)25-22(27(17)4)29-13-12-26(3)21(15-29)18(2)28-10-6-5-7-11-28/h8-9,14,16,21H,1-2,5-7,10-13,15H2,3-4H3. The van der Waals surface area contributed by atoms with Gasteiger partial charge in [-0.3, -0.25) is 4.90 Å². The number of hydrogen-bond donors (Lipinski definition) is 0. The Hall–Kier alpha value is -2.67. The lowest BCUT2D eigenvalue weighted by atomic mass is 10.0. The topological polar surface area (TPSA) is 51.1 Å². The fraction of sp³-hybridized carbons (Fsp3) is 0.500. The first-order valence-electron chi connectivity index (χ1n) is 10.4. The maximum absolute atomic E-state index is 4.96. The van der Waals surface area contributed by atoms with Crippen LogP contribution in [-0.4, -0.2) is 88.4 Å². The Morgan fingerprint density at radius 1 is 1.10 bits per heavy atom. The highest BCUT2D eigenvalue weighted by atomic mass is 15.4. The quantitative estimate of drug-likeness (QED) is 0.785. The molecule has 0 aromatic carbocycles. The molecule has 0 saturated carbocycles. The van der Waals surface area contributed by atoms with Gasteiger partial charge in [0.25, 0.3) is 0 Å². The Labute approximate surface area is 173 Å². The zero-order valence-electron chi connectivity index (χ0n) is 17.6. The van der Waals surface area contributed by atoms with Crippen LogP contribution in [0, 0.1) is 0 Å². The number of aromatic nitrogens is 2. The van der Waals surface area contributed by atoms with E-state index >= 15 is 0 Å². The highest BCUT2D eigenvalue weighted by molar-refractivity contribution is 5.90. The summed E-state index contributed by atoms with van der Waals surface area (Å²) in [6, 6.07) is 2.18. The smallest absolute Gasteiger partial charge is 0.206 e. The van der Waals surface area contributed by atoms with Gasteiger partial charge in [0.05, 0.1) is 17.4 Å². The number of hydrogen-bond acceptors (Lipinski definition) is 7. The number of aliphatic imine (C=N–C) groups is 1. The highest BCUT2D eigenvalue weighted by Crippen LogP contribution is 2.26. The first kappa shape index (κ1) is 19.6. The fourth-order valence-electron chi connectivity index (χ4n) is 4.26. The molecule has 1 atom stereocenters. The third-order valence-electron chi connectivity index (χ3n) is 6.18. The maximum atomic E-state index is 4.96. The van der Waals surface area contributed by atoms with E-state index in [-0.39, 0.29) is 0 Å². The summed E-state index contributed by atoms with van der Waals surface area (Å²) in [7, 11) is 4.23. The van der Waals surface area contributed by atoms with Gasteiger partial charge in [0.15, 0.2) is 0 Å². The second kappa shape index (κ2) is 8.37. The minimum Gasteiger partial charge on any atom is -0.374 e. The minimum absolute atomic E-state index is 0.291. The summed E-state index contributed by atoms with van der Waals surface area (Å²) in [5, 5.41) is 0. The molecule has 1 unspecified atom stereocenters. The highest BCUT2D eigenvalue weighted by Gasteiger charge is 2.33. The molecule has 29 heavy (non-hydrogen) atoms. The zero-order valence-corrected chi connectivity index (χ0v) is 17.6. The van der Waals surface area contributed by atoms with Crippen molar-refractivity contribution in [2.45, 2.75) is 25.3 Å². The van der Waals surface area contributed by atoms with Gasteiger partial charge in [0.2, 0.25) is 5.96 Å². The van der Waals surface area contributed by atoms with Crippen LogP contribution in [0.1, 0.15) is 25.0 Å². The van der Waals surface area contributed by atoms with Crippen LogP contribution >= 0.6 is 0 Å². The maximum Gasteiger partial charge on any atom is 0.206 e. The number of piperidine rings is 1. The van der Waals surface area contributed by atoms with Crippen LogP contribution in [-0.2, 0) is 0 Å². The first-order chi connectivity index (χ1) is 14.0. The molecule has 4 rings (SSSR count). The molecular weight excluding hydrogens is 362 g/mol.